The van der Waals surface area contributed by atoms with Gasteiger partial charge in [-0.2, -0.15) is 0 Å². The number of aliphatic hydroxyl groups is 1. The number of ether oxygens (including phenoxy) is 1. The van der Waals surface area contributed by atoms with Gasteiger partial charge in [-0.15, -0.1) is 0 Å². The van der Waals surface area contributed by atoms with Gasteiger partial charge < -0.3 is 31.3 Å². The first-order valence-corrected chi connectivity index (χ1v) is 12.3. The summed E-state index contributed by atoms with van der Waals surface area (Å²) in [5, 5.41) is 28.1. The molecule has 1 heterocycles. The zero-order chi connectivity index (χ0) is 26.4. The standard InChI is InChI=1S/C29H34N4O4/c1-29(2,30)19-37-24-13-11-23(12-14-24)32-22-9-6-20(7-10-22)16-17-31-18-27(36)33-26(35)15-8-21-4-3-5-25(34)28(21)33/h3-15,27,31-32,34,36H,16-19,30H2,1-2H3/t27-/m0/s1. The minimum absolute atomic E-state index is 0.0390. The van der Waals surface area contributed by atoms with Crippen molar-refractivity contribution >= 4 is 22.3 Å². The Morgan fingerprint density at radius 3 is 2.32 bits per heavy atom. The number of fused-ring (bicyclic) bond motifs is 1. The quantitative estimate of drug-likeness (QED) is 0.197. The fourth-order valence-corrected chi connectivity index (χ4v) is 3.97. The predicted molar refractivity (Wildman–Crippen MR) is 148 cm³/mol. The first-order valence-electron chi connectivity index (χ1n) is 12.3. The topological polar surface area (TPSA) is 122 Å². The third kappa shape index (κ3) is 7.10. The van der Waals surface area contributed by atoms with Crippen LogP contribution in [0, 0.1) is 0 Å². The molecule has 0 spiro atoms. The van der Waals surface area contributed by atoms with Gasteiger partial charge in [0.25, 0.3) is 5.56 Å². The van der Waals surface area contributed by atoms with Crippen LogP contribution in [0.15, 0.2) is 83.7 Å². The molecule has 1 aromatic heterocycles. The molecule has 0 bridgehead atoms. The van der Waals surface area contributed by atoms with Crippen molar-refractivity contribution in [3.8, 4) is 11.5 Å². The highest BCUT2D eigenvalue weighted by molar-refractivity contribution is 5.84. The molecule has 6 N–H and O–H groups in total. The van der Waals surface area contributed by atoms with Crippen LogP contribution >= 0.6 is 0 Å². The van der Waals surface area contributed by atoms with E-state index >= 15 is 0 Å². The van der Waals surface area contributed by atoms with Crippen LogP contribution in [0.1, 0.15) is 25.6 Å². The number of hydrogen-bond donors (Lipinski definition) is 5. The molecule has 4 aromatic rings. The van der Waals surface area contributed by atoms with Gasteiger partial charge in [0.05, 0.1) is 5.52 Å². The Kier molecular flexibility index (Phi) is 8.13. The predicted octanol–water partition coefficient (Wildman–Crippen LogP) is 3.89. The van der Waals surface area contributed by atoms with Crippen molar-refractivity contribution in [1.82, 2.24) is 9.88 Å². The summed E-state index contributed by atoms with van der Waals surface area (Å²) < 4.78 is 6.92. The van der Waals surface area contributed by atoms with Gasteiger partial charge in [-0.3, -0.25) is 9.36 Å². The van der Waals surface area contributed by atoms with Crippen LogP contribution in [0.3, 0.4) is 0 Å². The number of aliphatic hydroxyl groups excluding tert-OH is 1. The molecule has 0 fully saturated rings. The third-order valence-electron chi connectivity index (χ3n) is 5.85. The van der Waals surface area contributed by atoms with E-state index in [4.69, 9.17) is 10.5 Å². The summed E-state index contributed by atoms with van der Waals surface area (Å²) >= 11 is 0. The molecule has 194 valence electrons. The summed E-state index contributed by atoms with van der Waals surface area (Å²) in [6, 6.07) is 23.9. The smallest absolute Gasteiger partial charge is 0.253 e. The van der Waals surface area contributed by atoms with E-state index in [1.54, 1.807) is 18.2 Å². The Morgan fingerprint density at radius 1 is 0.973 bits per heavy atom. The summed E-state index contributed by atoms with van der Waals surface area (Å²) in [6.07, 6.45) is -0.346. The normalized spacial score (nSPS) is 12.4. The Bertz CT molecular complexity index is 1380. The van der Waals surface area contributed by atoms with Gasteiger partial charge in [0.15, 0.2) is 0 Å². The summed E-state index contributed by atoms with van der Waals surface area (Å²) in [5.74, 6) is 0.738. The van der Waals surface area contributed by atoms with E-state index in [0.717, 1.165) is 29.1 Å². The fraction of sp³-hybridized carbons (Fsp3) is 0.276. The number of phenols is 1. The second-order valence-electron chi connectivity index (χ2n) is 9.81. The molecule has 37 heavy (non-hydrogen) atoms. The van der Waals surface area contributed by atoms with Crippen LogP contribution in [0.25, 0.3) is 10.9 Å². The second-order valence-corrected chi connectivity index (χ2v) is 9.81. The maximum absolute atomic E-state index is 12.4. The van der Waals surface area contributed by atoms with Gasteiger partial charge in [-0.05, 0) is 80.9 Å². The van der Waals surface area contributed by atoms with Gasteiger partial charge in [-0.1, -0.05) is 24.3 Å². The van der Waals surface area contributed by atoms with Crippen LogP contribution in [0.2, 0.25) is 0 Å². The lowest BCUT2D eigenvalue weighted by Gasteiger charge is -2.19. The van der Waals surface area contributed by atoms with Crippen molar-refractivity contribution < 1.29 is 14.9 Å². The van der Waals surface area contributed by atoms with E-state index < -0.39 is 6.23 Å². The first-order chi connectivity index (χ1) is 17.7. The Hall–Kier alpha value is -3.85. The average molecular weight is 503 g/mol. The van der Waals surface area contributed by atoms with Crippen LogP contribution in [0.4, 0.5) is 11.4 Å². The lowest BCUT2D eigenvalue weighted by atomic mass is 10.1. The van der Waals surface area contributed by atoms with Gasteiger partial charge in [-0.25, -0.2) is 0 Å². The number of aromatic nitrogens is 1. The number of rotatable bonds is 11. The van der Waals surface area contributed by atoms with Crippen LogP contribution in [0.5, 0.6) is 11.5 Å². The molecule has 8 heteroatoms. The molecule has 0 aliphatic rings. The Morgan fingerprint density at radius 2 is 1.65 bits per heavy atom. The van der Waals surface area contributed by atoms with Crippen molar-refractivity contribution in [2.24, 2.45) is 5.73 Å². The van der Waals surface area contributed by atoms with E-state index in [9.17, 15) is 15.0 Å². The van der Waals surface area contributed by atoms with Crippen molar-refractivity contribution in [1.29, 1.82) is 0 Å². The molecular weight excluding hydrogens is 468 g/mol. The lowest BCUT2D eigenvalue weighted by molar-refractivity contribution is 0.104. The zero-order valence-corrected chi connectivity index (χ0v) is 21.1. The van der Waals surface area contributed by atoms with E-state index in [2.05, 4.69) is 22.8 Å². The SMILES string of the molecule is CC(C)(N)COc1ccc(Nc2ccc(CCNC[C@H](O)n3c(=O)ccc4cccc(O)c43)cc2)cc1. The number of aromatic hydroxyl groups is 1. The molecule has 0 aliphatic heterocycles. The minimum atomic E-state index is -1.10. The van der Waals surface area contributed by atoms with E-state index in [1.165, 1.54) is 16.7 Å². The minimum Gasteiger partial charge on any atom is -0.506 e. The van der Waals surface area contributed by atoms with Gasteiger partial charge in [0.2, 0.25) is 0 Å². The number of nitrogens with zero attached hydrogens (tertiary/aromatic N) is 1. The number of nitrogens with one attached hydrogen (secondary N) is 2. The summed E-state index contributed by atoms with van der Waals surface area (Å²) in [5.41, 5.74) is 8.60. The van der Waals surface area contributed by atoms with Gasteiger partial charge in [0.1, 0.15) is 24.3 Å². The summed E-state index contributed by atoms with van der Waals surface area (Å²) in [7, 11) is 0. The average Bonchev–Trinajstić information content (AvgIpc) is 2.87. The number of phenolic OH excluding ortho intramolecular Hbond substituents is 1. The molecule has 3 aromatic carbocycles. The highest BCUT2D eigenvalue weighted by atomic mass is 16.5. The van der Waals surface area contributed by atoms with E-state index in [0.29, 0.717) is 24.1 Å². The lowest BCUT2D eigenvalue weighted by Crippen LogP contribution is -2.38. The van der Waals surface area contributed by atoms with Gasteiger partial charge in [0, 0.05) is 34.9 Å². The molecule has 0 radical (unpaired) electrons. The first kappa shape index (κ1) is 26.2. The highest BCUT2D eigenvalue weighted by Crippen LogP contribution is 2.24. The summed E-state index contributed by atoms with van der Waals surface area (Å²) in [6.45, 7) is 5.09. The maximum Gasteiger partial charge on any atom is 0.253 e. The molecule has 0 amide bonds. The number of para-hydroxylation sites is 1. The number of benzene rings is 3. The van der Waals surface area contributed by atoms with Crippen LogP contribution in [-0.2, 0) is 6.42 Å². The molecule has 0 aliphatic carbocycles. The number of hydrogen-bond acceptors (Lipinski definition) is 7. The molecule has 0 unspecified atom stereocenters. The Balaban J connectivity index is 1.26. The van der Waals surface area contributed by atoms with Crippen molar-refractivity contribution in [3.63, 3.8) is 0 Å². The molecule has 0 saturated heterocycles. The van der Waals surface area contributed by atoms with Crippen LogP contribution in [-0.4, -0.2) is 40.0 Å². The van der Waals surface area contributed by atoms with Crippen molar-refractivity contribution in [3.05, 3.63) is 94.8 Å². The maximum atomic E-state index is 12.4. The third-order valence-corrected chi connectivity index (χ3v) is 5.85. The second kappa shape index (κ2) is 11.5. The van der Waals surface area contributed by atoms with Crippen LogP contribution < -0.4 is 26.7 Å². The van der Waals surface area contributed by atoms with Gasteiger partial charge >= 0.3 is 0 Å². The Labute approximate surface area is 216 Å². The zero-order valence-electron chi connectivity index (χ0n) is 21.1. The monoisotopic (exact) mass is 502 g/mol. The molecule has 1 atom stereocenters. The van der Waals surface area contributed by atoms with Crippen molar-refractivity contribution in [2.75, 3.05) is 25.0 Å². The molecule has 8 nitrogen and oxygen atoms in total. The molecule has 4 rings (SSSR count). The largest absolute Gasteiger partial charge is 0.506 e. The summed E-state index contributed by atoms with van der Waals surface area (Å²) in [4.78, 5) is 12.4. The highest BCUT2D eigenvalue weighted by Gasteiger charge is 2.14. The number of anilines is 2. The van der Waals surface area contributed by atoms with E-state index in [1.807, 2.05) is 50.2 Å². The molecule has 0 saturated carbocycles. The van der Waals surface area contributed by atoms with E-state index in [-0.39, 0.29) is 23.4 Å². The van der Waals surface area contributed by atoms with Crippen molar-refractivity contribution in [2.45, 2.75) is 32.0 Å². The molecular formula is C29H34N4O4. The number of nitrogens with two attached hydrogens (primary N) is 1. The fourth-order valence-electron chi connectivity index (χ4n) is 3.97. The number of pyridine rings is 1.